The number of amides is 1. The third kappa shape index (κ3) is 2.55. The summed E-state index contributed by atoms with van der Waals surface area (Å²) >= 11 is 0. The van der Waals surface area contributed by atoms with Crippen LogP contribution < -0.4 is 0 Å². The van der Waals surface area contributed by atoms with E-state index in [1.807, 2.05) is 30.3 Å². The maximum atomic E-state index is 11.5. The first kappa shape index (κ1) is 12.3. The lowest BCUT2D eigenvalue weighted by Gasteiger charge is -2.20. The van der Waals surface area contributed by atoms with Gasteiger partial charge in [0.2, 0.25) is 0 Å². The largest absolute Gasteiger partial charge is 0.444 e. The molecule has 0 aromatic heterocycles. The predicted octanol–water partition coefficient (Wildman–Crippen LogP) is 2.36. The minimum atomic E-state index is -0.376. The van der Waals surface area contributed by atoms with Crippen LogP contribution in [0.5, 0.6) is 0 Å². The number of cyclic esters (lactones) is 1. The van der Waals surface area contributed by atoms with Crippen LogP contribution in [-0.2, 0) is 11.2 Å². The molecule has 1 amide bonds. The number of hydrogen-bond acceptors (Lipinski definition) is 3. The summed E-state index contributed by atoms with van der Waals surface area (Å²) in [5.74, 6) is 0. The molecule has 2 atom stereocenters. The average molecular weight is 246 g/mol. The Labute approximate surface area is 105 Å². The molecule has 6 nitrogen and oxygen atoms in total. The van der Waals surface area contributed by atoms with Crippen molar-refractivity contribution in [2.75, 3.05) is 13.6 Å². The molecule has 0 unspecified atom stereocenters. The van der Waals surface area contributed by atoms with E-state index in [1.54, 1.807) is 11.9 Å². The summed E-state index contributed by atoms with van der Waals surface area (Å²) < 4.78 is 5.18. The average Bonchev–Trinajstić information content (AvgIpc) is 2.65. The molecule has 1 aromatic rings. The van der Waals surface area contributed by atoms with Crippen LogP contribution >= 0.6 is 0 Å². The Bertz CT molecular complexity index is 468. The summed E-state index contributed by atoms with van der Waals surface area (Å²) in [5, 5.41) is 3.49. The lowest BCUT2D eigenvalue weighted by atomic mass is 10.0. The molecule has 94 valence electrons. The molecule has 1 aliphatic rings. The van der Waals surface area contributed by atoms with Gasteiger partial charge in [-0.15, -0.1) is 0 Å². The fraction of sp³-hybridized carbons (Fsp3) is 0.417. The summed E-state index contributed by atoms with van der Waals surface area (Å²) in [6, 6.07) is 9.76. The molecule has 1 aliphatic heterocycles. The van der Waals surface area contributed by atoms with Crippen LogP contribution in [0.1, 0.15) is 5.56 Å². The Morgan fingerprint density at radius 2 is 2.17 bits per heavy atom. The maximum absolute atomic E-state index is 11.5. The highest BCUT2D eigenvalue weighted by Gasteiger charge is 2.38. The number of rotatable bonds is 4. The van der Waals surface area contributed by atoms with E-state index in [-0.39, 0.29) is 24.8 Å². The van der Waals surface area contributed by atoms with Crippen molar-refractivity contribution in [1.29, 1.82) is 0 Å². The molecule has 1 saturated heterocycles. The lowest BCUT2D eigenvalue weighted by Crippen LogP contribution is -2.36. The fourth-order valence-corrected chi connectivity index (χ4v) is 2.08. The zero-order chi connectivity index (χ0) is 13.0. The van der Waals surface area contributed by atoms with Gasteiger partial charge >= 0.3 is 6.09 Å². The number of hydrogen-bond donors (Lipinski definition) is 0. The van der Waals surface area contributed by atoms with Crippen molar-refractivity contribution in [3.05, 3.63) is 46.3 Å². The van der Waals surface area contributed by atoms with Gasteiger partial charge in [0.25, 0.3) is 0 Å². The highest BCUT2D eigenvalue weighted by atomic mass is 16.6. The highest BCUT2D eigenvalue weighted by molar-refractivity contribution is 5.70. The molecule has 0 bridgehead atoms. The van der Waals surface area contributed by atoms with Crippen LogP contribution in [0.4, 0.5) is 4.79 Å². The minimum Gasteiger partial charge on any atom is -0.444 e. The van der Waals surface area contributed by atoms with E-state index in [9.17, 15) is 4.79 Å². The monoisotopic (exact) mass is 246 g/mol. The van der Waals surface area contributed by atoms with Gasteiger partial charge in [-0.1, -0.05) is 35.4 Å². The Morgan fingerprint density at radius 1 is 1.44 bits per heavy atom. The summed E-state index contributed by atoms with van der Waals surface area (Å²) in [4.78, 5) is 15.8. The normalized spacial score (nSPS) is 22.5. The molecule has 0 N–H and O–H groups in total. The van der Waals surface area contributed by atoms with Gasteiger partial charge < -0.3 is 9.64 Å². The maximum Gasteiger partial charge on any atom is 0.410 e. The second-order valence-electron chi connectivity index (χ2n) is 4.20. The molecule has 1 aromatic carbocycles. The molecule has 2 rings (SSSR count). The van der Waals surface area contributed by atoms with Crippen LogP contribution in [0.3, 0.4) is 0 Å². The van der Waals surface area contributed by atoms with Gasteiger partial charge in [-0.2, -0.15) is 0 Å². The molecule has 1 fully saturated rings. The highest BCUT2D eigenvalue weighted by Crippen LogP contribution is 2.21. The number of likely N-dealkylation sites (N-methyl/N-ethyl adjacent to an activating group) is 1. The first-order valence-corrected chi connectivity index (χ1v) is 5.70. The van der Waals surface area contributed by atoms with Crippen LogP contribution in [-0.4, -0.2) is 36.7 Å². The first-order chi connectivity index (χ1) is 8.72. The molecule has 0 spiro atoms. The number of carbonyl (C=O) groups is 1. The number of azide groups is 1. The lowest BCUT2D eigenvalue weighted by molar-refractivity contribution is 0.133. The fourth-order valence-electron chi connectivity index (χ4n) is 2.08. The summed E-state index contributed by atoms with van der Waals surface area (Å²) in [6.45, 7) is 0.171. The predicted molar refractivity (Wildman–Crippen MR) is 66.0 cm³/mol. The molecular weight excluding hydrogens is 232 g/mol. The Hall–Kier alpha value is -2.20. The van der Waals surface area contributed by atoms with Crippen molar-refractivity contribution >= 4 is 6.09 Å². The van der Waals surface area contributed by atoms with Gasteiger partial charge in [0.15, 0.2) is 0 Å². The number of nitrogens with zero attached hydrogens (tertiary/aromatic N) is 4. The van der Waals surface area contributed by atoms with E-state index in [0.29, 0.717) is 6.42 Å². The SMILES string of the molecule is CN1C(=O)O[C@H](CN=[N+]=[N-])[C@@H]1Cc1ccccc1. The topological polar surface area (TPSA) is 78.3 Å². The zero-order valence-corrected chi connectivity index (χ0v) is 10.1. The molecular formula is C12H14N4O2. The van der Waals surface area contributed by atoms with Crippen LogP contribution in [0.25, 0.3) is 10.4 Å². The van der Waals surface area contributed by atoms with E-state index in [0.717, 1.165) is 5.56 Å². The summed E-state index contributed by atoms with van der Waals surface area (Å²) in [5.41, 5.74) is 9.46. The van der Waals surface area contributed by atoms with Crippen molar-refractivity contribution in [2.24, 2.45) is 5.11 Å². The van der Waals surface area contributed by atoms with E-state index in [1.165, 1.54) is 0 Å². The molecule has 0 saturated carbocycles. The Morgan fingerprint density at radius 3 is 2.83 bits per heavy atom. The second-order valence-corrected chi connectivity index (χ2v) is 4.20. The molecule has 0 radical (unpaired) electrons. The van der Waals surface area contributed by atoms with Crippen molar-refractivity contribution in [1.82, 2.24) is 4.90 Å². The van der Waals surface area contributed by atoms with Crippen molar-refractivity contribution < 1.29 is 9.53 Å². The third-order valence-corrected chi connectivity index (χ3v) is 3.08. The Balaban J connectivity index is 2.12. The minimum absolute atomic E-state index is 0.0922. The van der Waals surface area contributed by atoms with Gasteiger partial charge in [0, 0.05) is 12.0 Å². The van der Waals surface area contributed by atoms with Gasteiger partial charge in [-0.05, 0) is 17.5 Å². The Kier molecular flexibility index (Phi) is 3.69. The third-order valence-electron chi connectivity index (χ3n) is 3.08. The number of benzene rings is 1. The zero-order valence-electron chi connectivity index (χ0n) is 10.1. The van der Waals surface area contributed by atoms with Gasteiger partial charge in [-0.25, -0.2) is 4.79 Å². The first-order valence-electron chi connectivity index (χ1n) is 5.70. The summed E-state index contributed by atoms with van der Waals surface area (Å²) in [7, 11) is 1.70. The summed E-state index contributed by atoms with van der Waals surface area (Å²) in [6.07, 6.45) is -0.0537. The van der Waals surface area contributed by atoms with Crippen molar-refractivity contribution in [2.45, 2.75) is 18.6 Å². The van der Waals surface area contributed by atoms with E-state index >= 15 is 0 Å². The van der Waals surface area contributed by atoms with E-state index < -0.39 is 0 Å². The van der Waals surface area contributed by atoms with Crippen molar-refractivity contribution in [3.63, 3.8) is 0 Å². The number of ether oxygens (including phenoxy) is 1. The number of carbonyl (C=O) groups excluding carboxylic acids is 1. The van der Waals surface area contributed by atoms with Gasteiger partial charge in [0.05, 0.1) is 12.6 Å². The quantitative estimate of drug-likeness (QED) is 0.464. The van der Waals surface area contributed by atoms with Gasteiger partial charge in [0.1, 0.15) is 6.10 Å². The smallest absolute Gasteiger partial charge is 0.410 e. The molecule has 1 heterocycles. The van der Waals surface area contributed by atoms with E-state index in [2.05, 4.69) is 10.0 Å². The van der Waals surface area contributed by atoms with Crippen LogP contribution in [0.15, 0.2) is 35.4 Å². The second kappa shape index (κ2) is 5.42. The van der Waals surface area contributed by atoms with Crippen LogP contribution in [0.2, 0.25) is 0 Å². The van der Waals surface area contributed by atoms with E-state index in [4.69, 9.17) is 10.3 Å². The molecule has 6 heteroatoms. The van der Waals surface area contributed by atoms with Gasteiger partial charge in [-0.3, -0.25) is 0 Å². The van der Waals surface area contributed by atoms with Crippen LogP contribution in [0, 0.1) is 0 Å². The van der Waals surface area contributed by atoms with Crippen molar-refractivity contribution in [3.8, 4) is 0 Å². The molecule has 0 aliphatic carbocycles. The standard InChI is InChI=1S/C12H14N4O2/c1-16-10(7-9-5-3-2-4-6-9)11(8-14-15-13)18-12(16)17/h2-6,10-11H,7-8H2,1H3/t10-,11+/m0/s1. The molecule has 18 heavy (non-hydrogen) atoms.